The first-order chi connectivity index (χ1) is 5.20. The molecule has 0 saturated carbocycles. The summed E-state index contributed by atoms with van der Waals surface area (Å²) in [6, 6.07) is 0. The Morgan fingerprint density at radius 1 is 0.692 bits per heavy atom. The van der Waals surface area contributed by atoms with Crippen LogP contribution in [-0.2, 0) is 0 Å². The van der Waals surface area contributed by atoms with Gasteiger partial charge < -0.3 is 15.3 Å². The number of carbonyl (C=O) groups is 3. The van der Waals surface area contributed by atoms with Crippen molar-refractivity contribution in [1.29, 1.82) is 0 Å². The average Bonchev–Trinajstić information content (AvgIpc) is 1.54. The maximum atomic E-state index is 9.92. The molecule has 0 unspecified atom stereocenters. The van der Waals surface area contributed by atoms with Gasteiger partial charge in [-0.1, -0.05) is 0 Å². The zero-order valence-electron chi connectivity index (χ0n) is 5.70. The first-order valence-electron chi connectivity index (χ1n) is 1.85. The van der Waals surface area contributed by atoms with Crippen molar-refractivity contribution in [2.24, 2.45) is 0 Å². The van der Waals surface area contributed by atoms with Crippen molar-refractivity contribution in [2.45, 2.75) is 0 Å². The van der Waals surface area contributed by atoms with Crippen LogP contribution in [0, 0.1) is 41.7 Å². The molecule has 3 N–H and O–H groups in total. The van der Waals surface area contributed by atoms with Gasteiger partial charge in [-0.25, -0.2) is 14.4 Å². The van der Waals surface area contributed by atoms with Crippen LogP contribution in [0.2, 0.25) is 0 Å². The molecule has 0 bridgehead atoms. The van der Waals surface area contributed by atoms with Crippen molar-refractivity contribution in [2.75, 3.05) is 0 Å². The Kier molecular flexibility index (Phi) is 31.0. The Bertz CT molecular complexity index is 121. The van der Waals surface area contributed by atoms with Gasteiger partial charge >= 0.3 is 18.7 Å². The SMILES string of the molecule is O=C(O)F.O=C(O)F.O=C(O)F.[Ce]. The van der Waals surface area contributed by atoms with Gasteiger partial charge in [0.15, 0.2) is 0 Å². The summed E-state index contributed by atoms with van der Waals surface area (Å²) < 4.78 is 29.8. The summed E-state index contributed by atoms with van der Waals surface area (Å²) in [5.41, 5.74) is 0. The van der Waals surface area contributed by atoms with Gasteiger partial charge in [-0.15, -0.1) is 13.2 Å². The van der Waals surface area contributed by atoms with E-state index in [-0.39, 0.29) is 41.7 Å². The van der Waals surface area contributed by atoms with Gasteiger partial charge in [0.2, 0.25) is 0 Å². The molecule has 6 nitrogen and oxygen atoms in total. The fourth-order valence-electron chi connectivity index (χ4n) is 0. The molecule has 0 aliphatic rings. The van der Waals surface area contributed by atoms with Crippen LogP contribution < -0.4 is 0 Å². The first-order valence-corrected chi connectivity index (χ1v) is 1.85. The van der Waals surface area contributed by atoms with E-state index in [1.54, 1.807) is 0 Å². The van der Waals surface area contributed by atoms with Crippen LogP contribution in [0.4, 0.5) is 27.6 Å². The average molecular weight is 332 g/mol. The molecule has 0 aliphatic carbocycles. The molecular weight excluding hydrogens is 329 g/mol. The summed E-state index contributed by atoms with van der Waals surface area (Å²) in [5, 5.41) is 20.2. The third-order valence-corrected chi connectivity index (χ3v) is 0. The Hall–Kier alpha value is -0.423. The Morgan fingerprint density at radius 3 is 0.692 bits per heavy atom. The van der Waals surface area contributed by atoms with Gasteiger partial charge in [0.1, 0.15) is 0 Å². The van der Waals surface area contributed by atoms with Gasteiger partial charge in [0, 0.05) is 41.7 Å². The molecule has 0 fully saturated rings. The van der Waals surface area contributed by atoms with Crippen LogP contribution in [-0.4, -0.2) is 34.0 Å². The maximum absolute atomic E-state index is 9.92. The predicted molar refractivity (Wildman–Crippen MR) is 27.4 cm³/mol. The van der Waals surface area contributed by atoms with Crippen LogP contribution in [0.25, 0.3) is 0 Å². The third kappa shape index (κ3) is 5920. The molecule has 0 rings (SSSR count). The largest absolute Gasteiger partial charge is 0.492 e. The Balaban J connectivity index is -0.0000000450. The minimum Gasteiger partial charge on any atom is -0.456 e. The number of hydrogen-bond acceptors (Lipinski definition) is 3. The van der Waals surface area contributed by atoms with E-state index < -0.39 is 18.7 Å². The van der Waals surface area contributed by atoms with Crippen molar-refractivity contribution < 1.29 is 84.6 Å². The smallest absolute Gasteiger partial charge is 0.456 e. The summed E-state index contributed by atoms with van der Waals surface area (Å²) in [4.78, 5) is 25.0. The molecule has 0 amide bonds. The van der Waals surface area contributed by atoms with Crippen molar-refractivity contribution in [1.82, 2.24) is 0 Å². The van der Waals surface area contributed by atoms with Crippen molar-refractivity contribution in [3.63, 3.8) is 0 Å². The van der Waals surface area contributed by atoms with E-state index in [1.807, 2.05) is 0 Å². The number of hydrogen-bond donors (Lipinski definition) is 3. The normalized spacial score (nSPS) is 5.77. The van der Waals surface area contributed by atoms with Crippen LogP contribution in [0.1, 0.15) is 0 Å². The van der Waals surface area contributed by atoms with Crippen molar-refractivity contribution in [3.8, 4) is 0 Å². The molecule has 10 heteroatoms. The summed E-state index contributed by atoms with van der Waals surface area (Å²) in [6.45, 7) is 0. The molecule has 0 atom stereocenters. The zero-order chi connectivity index (χ0) is 10.7. The molecule has 0 saturated heterocycles. The minimum atomic E-state index is -2.33. The van der Waals surface area contributed by atoms with Crippen LogP contribution in [0.5, 0.6) is 0 Å². The number of halogens is 3. The van der Waals surface area contributed by atoms with E-state index in [4.69, 9.17) is 29.7 Å². The molecule has 0 aromatic carbocycles. The predicted octanol–water partition coefficient (Wildman–Crippen LogP) is 1.90. The van der Waals surface area contributed by atoms with Crippen LogP contribution >= 0.6 is 0 Å². The summed E-state index contributed by atoms with van der Waals surface area (Å²) >= 11 is 0. The second kappa shape index (κ2) is 17.6. The van der Waals surface area contributed by atoms with Gasteiger partial charge in [-0.2, -0.15) is 0 Å². The molecule has 0 spiro atoms. The Morgan fingerprint density at radius 2 is 0.692 bits per heavy atom. The van der Waals surface area contributed by atoms with Gasteiger partial charge in [-0.3, -0.25) is 0 Å². The van der Waals surface area contributed by atoms with Gasteiger partial charge in [0.05, 0.1) is 0 Å². The first kappa shape index (κ1) is 22.9. The molecule has 76 valence electrons. The van der Waals surface area contributed by atoms with Crippen molar-refractivity contribution >= 4 is 18.7 Å². The maximum Gasteiger partial charge on any atom is 0.492 e. The van der Waals surface area contributed by atoms with Crippen LogP contribution in [0.15, 0.2) is 0 Å². The standard InChI is InChI=1S/3CHFO2.Ce/c3*2-1(3)4;/h3*(H,3,4);. The number of rotatable bonds is 0. The molecule has 0 aliphatic heterocycles. The monoisotopic (exact) mass is 332 g/mol. The van der Waals surface area contributed by atoms with E-state index in [0.29, 0.717) is 0 Å². The van der Waals surface area contributed by atoms with E-state index in [0.717, 1.165) is 0 Å². The Labute approximate surface area is 103 Å². The fraction of sp³-hybridized carbons (Fsp3) is 0. The van der Waals surface area contributed by atoms with E-state index in [1.165, 1.54) is 0 Å². The molecule has 13 heavy (non-hydrogen) atoms. The van der Waals surface area contributed by atoms with E-state index in [9.17, 15) is 13.2 Å². The molecule has 0 aromatic rings. The minimum absolute atomic E-state index is 0. The van der Waals surface area contributed by atoms with Gasteiger partial charge in [-0.05, 0) is 0 Å². The molecular formula is C3H3CeF3O6. The second-order valence-corrected chi connectivity index (χ2v) is 0.759. The topological polar surface area (TPSA) is 112 Å². The fourth-order valence-corrected chi connectivity index (χ4v) is 0. The van der Waals surface area contributed by atoms with Crippen molar-refractivity contribution in [3.05, 3.63) is 0 Å². The molecule has 0 aromatic heterocycles. The number of carboxylic acid groups (broad SMARTS) is 3. The summed E-state index contributed by atoms with van der Waals surface area (Å²) in [6.07, 6.45) is -7.00. The van der Waals surface area contributed by atoms with Crippen LogP contribution in [0.3, 0.4) is 0 Å². The third-order valence-electron chi connectivity index (χ3n) is 0. The van der Waals surface area contributed by atoms with E-state index in [2.05, 4.69) is 0 Å². The zero-order valence-corrected chi connectivity index (χ0v) is 8.84. The summed E-state index contributed by atoms with van der Waals surface area (Å²) in [7, 11) is 0. The van der Waals surface area contributed by atoms with Gasteiger partial charge in [0.25, 0.3) is 0 Å². The summed E-state index contributed by atoms with van der Waals surface area (Å²) in [5.74, 6) is 0. The molecule has 0 heterocycles. The molecule has 0 radical (unpaired) electrons. The second-order valence-electron chi connectivity index (χ2n) is 0.759. The van der Waals surface area contributed by atoms with E-state index >= 15 is 0 Å². The quantitative estimate of drug-likeness (QED) is 0.584.